The molecule has 0 saturated carbocycles. The van der Waals surface area contributed by atoms with Crippen molar-refractivity contribution in [2.24, 2.45) is 0 Å². The topological polar surface area (TPSA) is 146 Å². The second-order valence-electron chi connectivity index (χ2n) is 10.5. The van der Waals surface area contributed by atoms with Crippen LogP contribution in [0.1, 0.15) is 55.7 Å². The normalized spacial score (nSPS) is 19.5. The van der Waals surface area contributed by atoms with Crippen molar-refractivity contribution in [2.75, 3.05) is 18.4 Å². The van der Waals surface area contributed by atoms with Crippen molar-refractivity contribution in [3.8, 4) is 0 Å². The molecule has 1 saturated heterocycles. The molecule has 0 radical (unpaired) electrons. The van der Waals surface area contributed by atoms with E-state index in [2.05, 4.69) is 21.3 Å². The van der Waals surface area contributed by atoms with Gasteiger partial charge in [0.05, 0.1) is 0 Å². The first-order valence-corrected chi connectivity index (χ1v) is 13.8. The van der Waals surface area contributed by atoms with Crippen LogP contribution in [0.4, 0.5) is 32.8 Å². The van der Waals surface area contributed by atoms with Crippen molar-refractivity contribution in [3.63, 3.8) is 0 Å². The van der Waals surface area contributed by atoms with Gasteiger partial charge in [0.15, 0.2) is 0 Å². The van der Waals surface area contributed by atoms with Crippen molar-refractivity contribution in [2.45, 2.75) is 63.4 Å². The smallest absolute Gasteiger partial charge is 0.415 e. The number of urea groups is 1. The Bertz CT molecular complexity index is 1450. The van der Waals surface area contributed by atoms with Crippen molar-refractivity contribution in [1.29, 1.82) is 0 Å². The van der Waals surface area contributed by atoms with Crippen LogP contribution in [0, 0.1) is 5.82 Å². The lowest BCUT2D eigenvalue weighted by Crippen LogP contribution is -2.46. The molecule has 1 aliphatic heterocycles. The quantitative estimate of drug-likeness (QED) is 0.235. The largest absolute Gasteiger partial charge is 0.427 e. The Morgan fingerprint density at radius 1 is 1.09 bits per heavy atom. The first-order valence-electron chi connectivity index (χ1n) is 13.8. The lowest BCUT2D eigenvalue weighted by Gasteiger charge is -2.32. The highest BCUT2D eigenvalue weighted by molar-refractivity contribution is 6.04. The van der Waals surface area contributed by atoms with Crippen LogP contribution in [0.3, 0.4) is 0 Å². The van der Waals surface area contributed by atoms with Crippen LogP contribution in [0.25, 0.3) is 0 Å². The number of ether oxygens (including phenoxy) is 1. The molecule has 1 aliphatic carbocycles. The summed E-state index contributed by atoms with van der Waals surface area (Å²) in [7, 11) is 0. The highest BCUT2D eigenvalue weighted by Gasteiger charge is 2.57. The lowest BCUT2D eigenvalue weighted by molar-refractivity contribution is -0.187. The van der Waals surface area contributed by atoms with E-state index >= 15 is 0 Å². The number of nitrogens with zero attached hydrogens (tertiary/aromatic N) is 1. The Hall–Kier alpha value is -4.69. The number of carbonyl (C=O) groups excluding carboxylic acids is 5. The van der Waals surface area contributed by atoms with E-state index in [0.29, 0.717) is 16.9 Å². The standard InChI is InChI=1S/C29H31F4N5O6/c1-3-23(39)34-10-11-35-26(42)36-20-8-9-22-21(13-20)18(14-28(22)25(41)37-27(43)44-28)12-24(40)38(16(2)29(31,32)33)15-17-4-6-19(30)7-5-17/h4-9,13,16,18H,3,10-12,14-15H2,1-2H3,(H,34,39)(H2,35,36,42)(H,37,41,43)/t16-,18?,28+/m0/s1. The summed E-state index contributed by atoms with van der Waals surface area (Å²) in [5.74, 6) is -3.33. The summed E-state index contributed by atoms with van der Waals surface area (Å²) >= 11 is 0. The third kappa shape index (κ3) is 7.09. The number of nitrogens with one attached hydrogen (secondary N) is 4. The summed E-state index contributed by atoms with van der Waals surface area (Å²) in [5.41, 5.74) is -0.717. The Balaban J connectivity index is 1.58. The number of hydrogen-bond acceptors (Lipinski definition) is 6. The zero-order valence-electron chi connectivity index (χ0n) is 23.8. The number of carbonyl (C=O) groups is 5. The van der Waals surface area contributed by atoms with E-state index in [4.69, 9.17) is 4.74 Å². The van der Waals surface area contributed by atoms with Gasteiger partial charge in [-0.3, -0.25) is 19.7 Å². The molecule has 2 aromatic rings. The fourth-order valence-corrected chi connectivity index (χ4v) is 5.24. The van der Waals surface area contributed by atoms with Crippen molar-refractivity contribution < 1.29 is 46.3 Å². The Labute approximate surface area is 249 Å². The molecule has 3 atom stereocenters. The second-order valence-corrected chi connectivity index (χ2v) is 10.5. The van der Waals surface area contributed by atoms with Crippen LogP contribution in [0.15, 0.2) is 42.5 Å². The van der Waals surface area contributed by atoms with E-state index in [-0.39, 0.29) is 42.2 Å². The molecule has 236 valence electrons. The highest BCUT2D eigenvalue weighted by atomic mass is 19.4. The van der Waals surface area contributed by atoms with Gasteiger partial charge in [-0.15, -0.1) is 0 Å². The number of rotatable bonds is 10. The summed E-state index contributed by atoms with van der Waals surface area (Å²) < 4.78 is 60.3. The van der Waals surface area contributed by atoms with Crippen LogP contribution < -0.4 is 21.3 Å². The van der Waals surface area contributed by atoms with E-state index in [1.54, 1.807) is 6.92 Å². The number of hydrogen-bond donors (Lipinski definition) is 4. The van der Waals surface area contributed by atoms with Crippen LogP contribution in [-0.2, 0) is 31.3 Å². The van der Waals surface area contributed by atoms with Gasteiger partial charge in [-0.25, -0.2) is 14.0 Å². The Kier molecular flexibility index (Phi) is 9.44. The zero-order chi connectivity index (χ0) is 32.2. The average molecular weight is 622 g/mol. The minimum absolute atomic E-state index is 0.125. The summed E-state index contributed by atoms with van der Waals surface area (Å²) in [6, 6.07) is 6.27. The first-order chi connectivity index (χ1) is 20.7. The first kappa shape index (κ1) is 32.2. The van der Waals surface area contributed by atoms with E-state index in [0.717, 1.165) is 19.1 Å². The van der Waals surface area contributed by atoms with E-state index in [1.165, 1.54) is 30.3 Å². The number of fused-ring (bicyclic) bond motifs is 2. The third-order valence-electron chi connectivity index (χ3n) is 7.57. The third-order valence-corrected chi connectivity index (χ3v) is 7.57. The zero-order valence-corrected chi connectivity index (χ0v) is 23.8. The fraction of sp³-hybridized carbons (Fsp3) is 0.414. The van der Waals surface area contributed by atoms with E-state index < -0.39 is 66.5 Å². The SMILES string of the molecule is CCC(=O)NCCNC(=O)Nc1ccc2c(c1)C(CC(=O)N(Cc1ccc(F)cc1)[C@@H](C)C(F)(F)F)C[C@@]21OC(=O)NC1=O. The summed E-state index contributed by atoms with van der Waals surface area (Å²) in [4.78, 5) is 62.8. The van der Waals surface area contributed by atoms with Crippen molar-refractivity contribution in [1.82, 2.24) is 20.9 Å². The molecule has 2 aromatic carbocycles. The van der Waals surface area contributed by atoms with Gasteiger partial charge in [-0.2, -0.15) is 13.2 Å². The Morgan fingerprint density at radius 3 is 2.39 bits per heavy atom. The van der Waals surface area contributed by atoms with Gasteiger partial charge in [0, 0.05) is 50.1 Å². The predicted octanol–water partition coefficient (Wildman–Crippen LogP) is 3.79. The molecule has 15 heteroatoms. The molecule has 11 nitrogen and oxygen atoms in total. The van der Waals surface area contributed by atoms with Gasteiger partial charge >= 0.3 is 18.3 Å². The van der Waals surface area contributed by atoms with Gasteiger partial charge in [-0.05, 0) is 48.2 Å². The van der Waals surface area contributed by atoms with Gasteiger partial charge in [0.2, 0.25) is 17.4 Å². The Morgan fingerprint density at radius 2 is 1.77 bits per heavy atom. The molecular weight excluding hydrogens is 590 g/mol. The summed E-state index contributed by atoms with van der Waals surface area (Å²) in [5, 5.41) is 9.83. The molecule has 4 N–H and O–H groups in total. The van der Waals surface area contributed by atoms with Crippen LogP contribution >= 0.6 is 0 Å². The van der Waals surface area contributed by atoms with Crippen LogP contribution in [0.2, 0.25) is 0 Å². The molecule has 6 amide bonds. The number of imide groups is 1. The average Bonchev–Trinajstić information content (AvgIpc) is 3.42. The van der Waals surface area contributed by atoms with Gasteiger partial charge in [0.25, 0.3) is 5.91 Å². The number of anilines is 1. The molecule has 2 aliphatic rings. The van der Waals surface area contributed by atoms with Crippen LogP contribution in [-0.4, -0.2) is 60.1 Å². The lowest BCUT2D eigenvalue weighted by atomic mass is 9.94. The monoisotopic (exact) mass is 621 g/mol. The molecule has 4 rings (SSSR count). The molecule has 1 unspecified atom stereocenters. The number of halogens is 4. The van der Waals surface area contributed by atoms with Crippen molar-refractivity contribution in [3.05, 3.63) is 65.0 Å². The van der Waals surface area contributed by atoms with E-state index in [9.17, 15) is 41.5 Å². The van der Waals surface area contributed by atoms with Crippen molar-refractivity contribution >= 4 is 35.5 Å². The molecule has 44 heavy (non-hydrogen) atoms. The summed E-state index contributed by atoms with van der Waals surface area (Å²) in [6.07, 6.45) is -6.20. The molecule has 0 aromatic heterocycles. The number of amides is 6. The highest BCUT2D eigenvalue weighted by Crippen LogP contribution is 2.51. The molecule has 1 spiro atoms. The van der Waals surface area contributed by atoms with Gasteiger partial charge < -0.3 is 25.6 Å². The minimum atomic E-state index is -4.77. The number of benzene rings is 2. The van der Waals surface area contributed by atoms with Gasteiger partial charge in [0.1, 0.15) is 11.9 Å². The maximum Gasteiger partial charge on any atom is 0.415 e. The molecule has 1 fully saturated rings. The maximum absolute atomic E-state index is 13.8. The second kappa shape index (κ2) is 12.9. The molecule has 1 heterocycles. The fourth-order valence-electron chi connectivity index (χ4n) is 5.24. The van der Waals surface area contributed by atoms with Crippen LogP contribution in [0.5, 0.6) is 0 Å². The number of alkyl carbamates (subject to hydrolysis) is 1. The predicted molar refractivity (Wildman–Crippen MR) is 148 cm³/mol. The minimum Gasteiger partial charge on any atom is -0.427 e. The van der Waals surface area contributed by atoms with Gasteiger partial charge in [-0.1, -0.05) is 25.1 Å². The summed E-state index contributed by atoms with van der Waals surface area (Å²) in [6.45, 7) is 2.39. The molecular formula is C29H31F4N5O6. The maximum atomic E-state index is 13.8. The number of alkyl halides is 3. The molecule has 0 bridgehead atoms. The van der Waals surface area contributed by atoms with E-state index in [1.807, 2.05) is 0 Å².